The van der Waals surface area contributed by atoms with E-state index in [-0.39, 0.29) is 18.3 Å². The Morgan fingerprint density at radius 3 is 1.71 bits per heavy atom. The SMILES string of the molecule is CNC(=O)COc1ccc(-c2nc(-c3ccc(C)cc3C)nc(-c3ccc(C)cc3C)n2)c(O)c1. The molecule has 1 amide bonds. The number of amides is 1. The van der Waals surface area contributed by atoms with Crippen LogP contribution in [0.5, 0.6) is 11.5 Å². The molecule has 0 aliphatic rings. The minimum absolute atomic E-state index is 0.0521. The van der Waals surface area contributed by atoms with Crippen LogP contribution >= 0.6 is 0 Å². The number of nitrogens with one attached hydrogen (secondary N) is 1. The Hall–Kier alpha value is -4.26. The van der Waals surface area contributed by atoms with E-state index in [1.807, 2.05) is 52.0 Å². The number of aromatic nitrogens is 3. The van der Waals surface area contributed by atoms with Crippen LogP contribution in [0.2, 0.25) is 0 Å². The fraction of sp³-hybridized carbons (Fsp3) is 0.214. The van der Waals surface area contributed by atoms with Gasteiger partial charge in [-0.2, -0.15) is 0 Å². The number of phenolic OH excluding ortho intramolecular Hbond substituents is 1. The molecule has 0 radical (unpaired) electrons. The summed E-state index contributed by atoms with van der Waals surface area (Å²) < 4.78 is 5.45. The lowest BCUT2D eigenvalue weighted by molar-refractivity contribution is -0.122. The van der Waals surface area contributed by atoms with E-state index in [1.54, 1.807) is 12.1 Å². The molecule has 0 saturated heterocycles. The van der Waals surface area contributed by atoms with Gasteiger partial charge in [0.25, 0.3) is 5.91 Å². The number of aromatic hydroxyl groups is 1. The molecule has 0 aliphatic heterocycles. The number of nitrogens with zero attached hydrogens (tertiary/aromatic N) is 3. The first-order valence-electron chi connectivity index (χ1n) is 11.3. The summed E-state index contributed by atoms with van der Waals surface area (Å²) in [5.74, 6) is 1.46. The maximum absolute atomic E-state index is 11.5. The van der Waals surface area contributed by atoms with E-state index < -0.39 is 0 Å². The molecule has 35 heavy (non-hydrogen) atoms. The standard InChI is InChI=1S/C28H28N4O3/c1-16-6-9-21(18(3)12-16)26-30-27(22-10-7-17(2)13-19(22)4)32-28(31-26)23-11-8-20(14-24(23)33)35-15-25(34)29-5/h6-14,33H,15H2,1-5H3,(H,29,34). The molecule has 4 aromatic rings. The van der Waals surface area contributed by atoms with Crippen molar-refractivity contribution in [1.29, 1.82) is 0 Å². The van der Waals surface area contributed by atoms with E-state index in [9.17, 15) is 9.90 Å². The zero-order chi connectivity index (χ0) is 25.1. The quantitative estimate of drug-likeness (QED) is 0.416. The summed E-state index contributed by atoms with van der Waals surface area (Å²) in [6, 6.07) is 17.1. The van der Waals surface area contributed by atoms with Gasteiger partial charge in [-0.1, -0.05) is 47.5 Å². The minimum atomic E-state index is -0.262. The maximum atomic E-state index is 11.5. The highest BCUT2D eigenvalue weighted by molar-refractivity contribution is 5.77. The van der Waals surface area contributed by atoms with E-state index in [0.717, 1.165) is 33.4 Å². The van der Waals surface area contributed by atoms with Gasteiger partial charge in [-0.25, -0.2) is 15.0 Å². The number of likely N-dealkylation sites (N-methyl/N-ethyl adjacent to an activating group) is 1. The molecule has 1 aromatic heterocycles. The van der Waals surface area contributed by atoms with Gasteiger partial charge in [0.15, 0.2) is 24.1 Å². The number of aryl methyl sites for hydroxylation is 4. The highest BCUT2D eigenvalue weighted by atomic mass is 16.5. The van der Waals surface area contributed by atoms with E-state index in [0.29, 0.717) is 28.8 Å². The molecule has 0 saturated carbocycles. The van der Waals surface area contributed by atoms with Gasteiger partial charge in [-0.05, 0) is 51.0 Å². The summed E-state index contributed by atoms with van der Waals surface area (Å²) in [7, 11) is 1.54. The van der Waals surface area contributed by atoms with Gasteiger partial charge in [0, 0.05) is 24.2 Å². The molecule has 0 spiro atoms. The molecule has 0 fully saturated rings. The smallest absolute Gasteiger partial charge is 0.257 e. The van der Waals surface area contributed by atoms with Crippen molar-refractivity contribution in [2.45, 2.75) is 27.7 Å². The van der Waals surface area contributed by atoms with Crippen LogP contribution in [0.4, 0.5) is 0 Å². The Kier molecular flexibility index (Phi) is 6.78. The van der Waals surface area contributed by atoms with Crippen LogP contribution in [-0.4, -0.2) is 39.6 Å². The number of ether oxygens (including phenoxy) is 1. The normalized spacial score (nSPS) is 10.8. The summed E-state index contributed by atoms with van der Waals surface area (Å²) in [6.45, 7) is 8.00. The Labute approximate surface area is 204 Å². The van der Waals surface area contributed by atoms with Crippen LogP contribution in [0.3, 0.4) is 0 Å². The first-order chi connectivity index (χ1) is 16.7. The summed E-state index contributed by atoms with van der Waals surface area (Å²) in [5.41, 5.74) is 6.65. The van der Waals surface area contributed by atoms with E-state index >= 15 is 0 Å². The van der Waals surface area contributed by atoms with E-state index in [1.165, 1.54) is 13.1 Å². The lowest BCUT2D eigenvalue weighted by Gasteiger charge is -2.13. The highest BCUT2D eigenvalue weighted by Gasteiger charge is 2.17. The Bertz CT molecular complexity index is 1350. The van der Waals surface area contributed by atoms with Crippen LogP contribution in [0.1, 0.15) is 22.3 Å². The second-order valence-corrected chi connectivity index (χ2v) is 8.58. The zero-order valence-corrected chi connectivity index (χ0v) is 20.5. The first-order valence-corrected chi connectivity index (χ1v) is 11.3. The summed E-state index contributed by atoms with van der Waals surface area (Å²) in [6.07, 6.45) is 0. The molecule has 7 heteroatoms. The predicted molar refractivity (Wildman–Crippen MR) is 136 cm³/mol. The average Bonchev–Trinajstić information content (AvgIpc) is 2.82. The van der Waals surface area contributed by atoms with Crippen molar-refractivity contribution in [2.24, 2.45) is 0 Å². The molecule has 4 rings (SSSR count). The van der Waals surface area contributed by atoms with Crippen molar-refractivity contribution >= 4 is 5.91 Å². The molecular formula is C28H28N4O3. The van der Waals surface area contributed by atoms with Crippen LogP contribution in [0.25, 0.3) is 34.2 Å². The van der Waals surface area contributed by atoms with Gasteiger partial charge >= 0.3 is 0 Å². The number of benzene rings is 3. The summed E-state index contributed by atoms with van der Waals surface area (Å²) in [4.78, 5) is 25.7. The van der Waals surface area contributed by atoms with Crippen LogP contribution in [0, 0.1) is 27.7 Å². The maximum Gasteiger partial charge on any atom is 0.257 e. The Morgan fingerprint density at radius 1 is 0.771 bits per heavy atom. The summed E-state index contributed by atoms with van der Waals surface area (Å²) >= 11 is 0. The predicted octanol–water partition coefficient (Wildman–Crippen LogP) is 4.94. The van der Waals surface area contributed by atoms with Crippen molar-refractivity contribution in [3.05, 3.63) is 76.9 Å². The lowest BCUT2D eigenvalue weighted by Crippen LogP contribution is -2.24. The van der Waals surface area contributed by atoms with Crippen molar-refractivity contribution in [1.82, 2.24) is 20.3 Å². The van der Waals surface area contributed by atoms with Crippen LogP contribution < -0.4 is 10.1 Å². The highest BCUT2D eigenvalue weighted by Crippen LogP contribution is 2.34. The third-order valence-electron chi connectivity index (χ3n) is 5.74. The zero-order valence-electron chi connectivity index (χ0n) is 20.5. The van der Waals surface area contributed by atoms with E-state index in [2.05, 4.69) is 17.4 Å². The van der Waals surface area contributed by atoms with Crippen molar-refractivity contribution in [2.75, 3.05) is 13.7 Å². The van der Waals surface area contributed by atoms with Gasteiger partial charge in [-0.3, -0.25) is 4.79 Å². The Balaban J connectivity index is 1.84. The minimum Gasteiger partial charge on any atom is -0.507 e. The number of phenols is 1. The molecular weight excluding hydrogens is 440 g/mol. The molecule has 0 atom stereocenters. The van der Waals surface area contributed by atoms with Gasteiger partial charge in [0.2, 0.25) is 0 Å². The van der Waals surface area contributed by atoms with Crippen molar-refractivity contribution in [3.63, 3.8) is 0 Å². The largest absolute Gasteiger partial charge is 0.507 e. The number of carbonyl (C=O) groups excluding carboxylic acids is 1. The number of hydrogen-bond acceptors (Lipinski definition) is 6. The second kappa shape index (κ2) is 9.93. The van der Waals surface area contributed by atoms with Crippen molar-refractivity contribution < 1.29 is 14.6 Å². The molecule has 1 heterocycles. The monoisotopic (exact) mass is 468 g/mol. The molecule has 0 bridgehead atoms. The molecule has 3 aromatic carbocycles. The van der Waals surface area contributed by atoms with E-state index in [4.69, 9.17) is 19.7 Å². The van der Waals surface area contributed by atoms with Gasteiger partial charge in [0.05, 0.1) is 5.56 Å². The molecule has 0 aliphatic carbocycles. The first kappa shape index (κ1) is 23.9. The van der Waals surface area contributed by atoms with Crippen molar-refractivity contribution in [3.8, 4) is 45.7 Å². The lowest BCUT2D eigenvalue weighted by atomic mass is 10.0. The molecule has 178 valence electrons. The molecule has 7 nitrogen and oxygen atoms in total. The summed E-state index contributed by atoms with van der Waals surface area (Å²) in [5, 5.41) is 13.3. The van der Waals surface area contributed by atoms with Crippen LogP contribution in [0.15, 0.2) is 54.6 Å². The topological polar surface area (TPSA) is 97.2 Å². The van der Waals surface area contributed by atoms with Gasteiger partial charge in [0.1, 0.15) is 11.5 Å². The molecule has 2 N–H and O–H groups in total. The third kappa shape index (κ3) is 5.30. The van der Waals surface area contributed by atoms with Crippen LogP contribution in [-0.2, 0) is 4.79 Å². The van der Waals surface area contributed by atoms with Gasteiger partial charge in [-0.15, -0.1) is 0 Å². The van der Waals surface area contributed by atoms with Gasteiger partial charge < -0.3 is 15.2 Å². The molecule has 0 unspecified atom stereocenters. The fourth-order valence-corrected chi connectivity index (χ4v) is 3.88. The number of hydrogen-bond donors (Lipinski definition) is 2. The Morgan fingerprint density at radius 2 is 1.26 bits per heavy atom. The third-order valence-corrected chi connectivity index (χ3v) is 5.74. The number of rotatable bonds is 6. The number of carbonyl (C=O) groups is 1. The average molecular weight is 469 g/mol. The second-order valence-electron chi connectivity index (χ2n) is 8.58. The fourth-order valence-electron chi connectivity index (χ4n) is 3.88.